The molecular formula is C12H19N2O2P. The molecule has 94 valence electrons. The number of para-hydroxylation sites is 1. The molecule has 1 fully saturated rings. The Morgan fingerprint density at radius 1 is 1.35 bits per heavy atom. The van der Waals surface area contributed by atoms with Crippen LogP contribution in [0.2, 0.25) is 0 Å². The van der Waals surface area contributed by atoms with Gasteiger partial charge in [0, 0.05) is 11.6 Å². The third-order valence-corrected chi connectivity index (χ3v) is 4.78. The summed E-state index contributed by atoms with van der Waals surface area (Å²) >= 11 is 0. The zero-order chi connectivity index (χ0) is 12.5. The Labute approximate surface area is 102 Å². The van der Waals surface area contributed by atoms with E-state index in [9.17, 15) is 4.57 Å². The fourth-order valence-electron chi connectivity index (χ4n) is 2.26. The van der Waals surface area contributed by atoms with Gasteiger partial charge >= 0.3 is 7.67 Å². The van der Waals surface area contributed by atoms with E-state index >= 15 is 0 Å². The molecule has 2 atom stereocenters. The van der Waals surface area contributed by atoms with Crippen LogP contribution in [0.25, 0.3) is 0 Å². The highest BCUT2D eigenvalue weighted by molar-refractivity contribution is 7.55. The normalized spacial score (nSPS) is 32.1. The van der Waals surface area contributed by atoms with E-state index < -0.39 is 7.67 Å². The molecule has 0 bridgehead atoms. The van der Waals surface area contributed by atoms with Gasteiger partial charge in [0.1, 0.15) is 5.75 Å². The van der Waals surface area contributed by atoms with E-state index in [0.29, 0.717) is 5.75 Å². The lowest BCUT2D eigenvalue weighted by Crippen LogP contribution is -2.52. The minimum Gasteiger partial charge on any atom is -0.422 e. The summed E-state index contributed by atoms with van der Waals surface area (Å²) in [7, 11) is -3.01. The van der Waals surface area contributed by atoms with Crippen LogP contribution in [0.5, 0.6) is 5.75 Å². The van der Waals surface area contributed by atoms with Crippen molar-refractivity contribution < 1.29 is 9.09 Å². The second-order valence-corrected chi connectivity index (χ2v) is 6.95. The standard InChI is InChI=1S/C12H19N2O2P/c1-10-9-12(2,3)14-17(15,13-10)16-11-7-5-4-6-8-11/h4-8,10H,9H2,1-3H3,(H2,13,14,15)/t10-,17+/m1/s1. The summed E-state index contributed by atoms with van der Waals surface area (Å²) in [6, 6.07) is 9.39. The molecule has 5 heteroatoms. The summed E-state index contributed by atoms with van der Waals surface area (Å²) in [6.45, 7) is 6.08. The van der Waals surface area contributed by atoms with Gasteiger partial charge in [-0.05, 0) is 39.3 Å². The van der Waals surface area contributed by atoms with E-state index in [4.69, 9.17) is 4.52 Å². The molecule has 1 heterocycles. The number of nitrogens with one attached hydrogen (secondary N) is 2. The Kier molecular flexibility index (Phi) is 3.30. The maximum absolute atomic E-state index is 12.6. The first-order valence-corrected chi connectivity index (χ1v) is 7.43. The van der Waals surface area contributed by atoms with Crippen LogP contribution in [0, 0.1) is 0 Å². The third-order valence-electron chi connectivity index (χ3n) is 2.63. The van der Waals surface area contributed by atoms with Gasteiger partial charge in [-0.15, -0.1) is 0 Å². The minimum absolute atomic E-state index is 0.167. The summed E-state index contributed by atoms with van der Waals surface area (Å²) in [5.74, 6) is 0.612. The first-order valence-electron chi connectivity index (χ1n) is 5.80. The van der Waals surface area contributed by atoms with Gasteiger partial charge in [-0.25, -0.2) is 14.7 Å². The molecule has 0 aromatic heterocycles. The predicted molar refractivity (Wildman–Crippen MR) is 69.1 cm³/mol. The van der Waals surface area contributed by atoms with Crippen LogP contribution < -0.4 is 14.7 Å². The van der Waals surface area contributed by atoms with Gasteiger partial charge in [0.05, 0.1) is 0 Å². The van der Waals surface area contributed by atoms with Crippen LogP contribution in [0.3, 0.4) is 0 Å². The lowest BCUT2D eigenvalue weighted by atomic mass is 9.98. The third kappa shape index (κ3) is 3.32. The molecular weight excluding hydrogens is 235 g/mol. The fourth-order valence-corrected chi connectivity index (χ4v) is 4.40. The Morgan fingerprint density at radius 2 is 2.00 bits per heavy atom. The van der Waals surface area contributed by atoms with Crippen molar-refractivity contribution in [2.75, 3.05) is 0 Å². The smallest absolute Gasteiger partial charge is 0.391 e. The molecule has 0 saturated carbocycles. The highest BCUT2D eigenvalue weighted by Gasteiger charge is 2.40. The Balaban J connectivity index is 2.16. The molecule has 1 saturated heterocycles. The number of hydrogen-bond donors (Lipinski definition) is 2. The zero-order valence-electron chi connectivity index (χ0n) is 10.4. The van der Waals surface area contributed by atoms with Gasteiger partial charge in [-0.2, -0.15) is 0 Å². The molecule has 17 heavy (non-hydrogen) atoms. The summed E-state index contributed by atoms with van der Waals surface area (Å²) in [6.07, 6.45) is 0.912. The number of rotatable bonds is 2. The second-order valence-electron chi connectivity index (χ2n) is 5.19. The molecule has 2 N–H and O–H groups in total. The molecule has 1 aromatic carbocycles. The van der Waals surface area contributed by atoms with Crippen molar-refractivity contribution in [3.63, 3.8) is 0 Å². The molecule has 0 spiro atoms. The van der Waals surface area contributed by atoms with Gasteiger partial charge in [-0.3, -0.25) is 0 Å². The van der Waals surface area contributed by atoms with Crippen LogP contribution in [0.15, 0.2) is 30.3 Å². The van der Waals surface area contributed by atoms with Crippen molar-refractivity contribution in [2.24, 2.45) is 0 Å². The van der Waals surface area contributed by atoms with Crippen LogP contribution in [-0.4, -0.2) is 11.6 Å². The van der Waals surface area contributed by atoms with Crippen LogP contribution in [0.4, 0.5) is 0 Å². The highest BCUT2D eigenvalue weighted by Crippen LogP contribution is 2.45. The maximum Gasteiger partial charge on any atom is 0.391 e. The van der Waals surface area contributed by atoms with Crippen molar-refractivity contribution >= 4 is 7.67 Å². The molecule has 1 aliphatic heterocycles. The van der Waals surface area contributed by atoms with E-state index in [-0.39, 0.29) is 11.6 Å². The fraction of sp³-hybridized carbons (Fsp3) is 0.500. The first-order chi connectivity index (χ1) is 7.89. The summed E-state index contributed by atoms with van der Waals surface area (Å²) in [5, 5.41) is 6.09. The Bertz CT molecular complexity index is 433. The van der Waals surface area contributed by atoms with Crippen LogP contribution in [-0.2, 0) is 4.57 Å². The Hall–Kier alpha value is -0.830. The highest BCUT2D eigenvalue weighted by atomic mass is 31.2. The van der Waals surface area contributed by atoms with Gasteiger partial charge in [-0.1, -0.05) is 18.2 Å². The number of hydrogen-bond acceptors (Lipinski definition) is 2. The molecule has 2 rings (SSSR count). The van der Waals surface area contributed by atoms with Crippen molar-refractivity contribution in [1.29, 1.82) is 0 Å². The Morgan fingerprint density at radius 3 is 2.59 bits per heavy atom. The van der Waals surface area contributed by atoms with E-state index in [1.165, 1.54) is 0 Å². The monoisotopic (exact) mass is 254 g/mol. The maximum atomic E-state index is 12.6. The van der Waals surface area contributed by atoms with Gasteiger partial charge in [0.15, 0.2) is 0 Å². The largest absolute Gasteiger partial charge is 0.422 e. The molecule has 0 amide bonds. The van der Waals surface area contributed by atoms with Gasteiger partial charge < -0.3 is 4.52 Å². The molecule has 0 unspecified atom stereocenters. The van der Waals surface area contributed by atoms with Crippen molar-refractivity contribution in [2.45, 2.75) is 38.8 Å². The van der Waals surface area contributed by atoms with Crippen LogP contribution in [0.1, 0.15) is 27.2 Å². The number of benzene rings is 1. The average molecular weight is 254 g/mol. The van der Waals surface area contributed by atoms with E-state index in [1.807, 2.05) is 39.0 Å². The minimum atomic E-state index is -3.01. The second kappa shape index (κ2) is 4.45. The summed E-state index contributed by atoms with van der Waals surface area (Å²) in [4.78, 5) is 0. The van der Waals surface area contributed by atoms with Crippen molar-refractivity contribution in [3.8, 4) is 5.75 Å². The van der Waals surface area contributed by atoms with Gasteiger partial charge in [0.2, 0.25) is 0 Å². The lowest BCUT2D eigenvalue weighted by molar-refractivity contribution is 0.313. The zero-order valence-corrected chi connectivity index (χ0v) is 11.3. The van der Waals surface area contributed by atoms with Crippen molar-refractivity contribution in [3.05, 3.63) is 30.3 Å². The summed E-state index contributed by atoms with van der Waals surface area (Å²) < 4.78 is 18.2. The quantitative estimate of drug-likeness (QED) is 0.797. The van der Waals surface area contributed by atoms with E-state index in [2.05, 4.69) is 10.2 Å². The molecule has 4 nitrogen and oxygen atoms in total. The van der Waals surface area contributed by atoms with Crippen LogP contribution >= 0.6 is 7.67 Å². The summed E-state index contributed by atoms with van der Waals surface area (Å²) in [5.41, 5.74) is -0.186. The first kappa shape index (κ1) is 12.6. The lowest BCUT2D eigenvalue weighted by Gasteiger charge is -2.40. The average Bonchev–Trinajstić information content (AvgIpc) is 2.13. The molecule has 0 aliphatic carbocycles. The molecule has 1 aromatic rings. The predicted octanol–water partition coefficient (Wildman–Crippen LogP) is 2.92. The molecule has 1 aliphatic rings. The molecule has 0 radical (unpaired) electrons. The topological polar surface area (TPSA) is 50.4 Å². The van der Waals surface area contributed by atoms with Gasteiger partial charge in [0.25, 0.3) is 0 Å². The van der Waals surface area contributed by atoms with Crippen molar-refractivity contribution in [1.82, 2.24) is 10.2 Å². The van der Waals surface area contributed by atoms with E-state index in [0.717, 1.165) is 6.42 Å². The van der Waals surface area contributed by atoms with E-state index in [1.54, 1.807) is 12.1 Å². The SMILES string of the molecule is C[C@@H]1CC(C)(C)N[P@@](=O)(Oc2ccccc2)N1.